The molecular weight excluding hydrogens is 220 g/mol. The number of amides is 1. The lowest BCUT2D eigenvalue weighted by molar-refractivity contribution is -0.137. The monoisotopic (exact) mass is 242 g/mol. The molecule has 1 amide bonds. The molecule has 2 aliphatic heterocycles. The summed E-state index contributed by atoms with van der Waals surface area (Å²) in [4.78, 5) is 14.1. The molecule has 5 heteroatoms. The van der Waals surface area contributed by atoms with Gasteiger partial charge >= 0.3 is 0 Å². The molecule has 2 saturated heterocycles. The van der Waals surface area contributed by atoms with E-state index in [-0.39, 0.29) is 24.2 Å². The average Bonchev–Trinajstić information content (AvgIpc) is 2.68. The van der Waals surface area contributed by atoms with Gasteiger partial charge in [0.1, 0.15) is 0 Å². The Labute approximate surface area is 102 Å². The summed E-state index contributed by atoms with van der Waals surface area (Å²) in [5.74, 6) is 0.202. The van der Waals surface area contributed by atoms with Gasteiger partial charge in [0.05, 0.1) is 44.7 Å². The van der Waals surface area contributed by atoms with Gasteiger partial charge in [-0.15, -0.1) is 0 Å². The van der Waals surface area contributed by atoms with Gasteiger partial charge in [-0.05, 0) is 12.8 Å². The number of nitrogens with one attached hydrogen (secondary N) is 1. The molecule has 3 atom stereocenters. The number of carbonyl (C=O) groups is 1. The fourth-order valence-electron chi connectivity index (χ4n) is 2.46. The predicted molar refractivity (Wildman–Crippen MR) is 63.6 cm³/mol. The molecular formula is C12H22N2O3. The van der Waals surface area contributed by atoms with Crippen molar-refractivity contribution in [3.05, 3.63) is 0 Å². The van der Waals surface area contributed by atoms with Gasteiger partial charge in [0.25, 0.3) is 0 Å². The first-order valence-corrected chi connectivity index (χ1v) is 6.52. The number of nitrogens with zero attached hydrogens (tertiary/aromatic N) is 1. The molecule has 0 aliphatic carbocycles. The Morgan fingerprint density at radius 3 is 2.76 bits per heavy atom. The Morgan fingerprint density at radius 2 is 2.18 bits per heavy atom. The van der Waals surface area contributed by atoms with E-state index in [1.54, 1.807) is 0 Å². The molecule has 0 spiro atoms. The zero-order chi connectivity index (χ0) is 12.3. The van der Waals surface area contributed by atoms with E-state index < -0.39 is 0 Å². The summed E-state index contributed by atoms with van der Waals surface area (Å²) >= 11 is 0. The van der Waals surface area contributed by atoms with E-state index in [9.17, 15) is 4.79 Å². The lowest BCUT2D eigenvalue weighted by atomic mass is 10.2. The summed E-state index contributed by atoms with van der Waals surface area (Å²) in [6.45, 7) is 6.66. The highest BCUT2D eigenvalue weighted by Crippen LogP contribution is 2.17. The van der Waals surface area contributed by atoms with E-state index in [0.29, 0.717) is 26.4 Å². The van der Waals surface area contributed by atoms with Gasteiger partial charge in [0.15, 0.2) is 0 Å². The van der Waals surface area contributed by atoms with E-state index in [2.05, 4.69) is 12.2 Å². The van der Waals surface area contributed by atoms with Crippen molar-refractivity contribution < 1.29 is 14.3 Å². The standard InChI is InChI=1S/C12H22N2O3/c1-3-10-12(15)14(11(4-2)13-10)7-9-8-16-5-6-17-9/h9-11,13H,3-8H2,1-2H3. The Morgan fingerprint density at radius 1 is 1.35 bits per heavy atom. The molecule has 1 N–H and O–H groups in total. The SMILES string of the molecule is CCC1NC(CC)N(CC2COCCO2)C1=O. The zero-order valence-electron chi connectivity index (χ0n) is 10.6. The molecule has 0 radical (unpaired) electrons. The largest absolute Gasteiger partial charge is 0.376 e. The Balaban J connectivity index is 1.94. The molecule has 5 nitrogen and oxygen atoms in total. The van der Waals surface area contributed by atoms with Crippen LogP contribution < -0.4 is 5.32 Å². The summed E-state index contributed by atoms with van der Waals surface area (Å²) in [5.41, 5.74) is 0. The van der Waals surface area contributed by atoms with Crippen LogP contribution in [-0.4, -0.2) is 55.5 Å². The minimum atomic E-state index is -0.0236. The molecule has 0 aromatic heterocycles. The van der Waals surface area contributed by atoms with Crippen LogP contribution in [0.1, 0.15) is 26.7 Å². The van der Waals surface area contributed by atoms with Crippen LogP contribution in [0.4, 0.5) is 0 Å². The summed E-state index contributed by atoms with van der Waals surface area (Å²) < 4.78 is 11.0. The topological polar surface area (TPSA) is 50.8 Å². The van der Waals surface area contributed by atoms with Crippen LogP contribution in [0.25, 0.3) is 0 Å². The molecule has 2 aliphatic rings. The van der Waals surface area contributed by atoms with Crippen LogP contribution in [-0.2, 0) is 14.3 Å². The van der Waals surface area contributed by atoms with Crippen LogP contribution >= 0.6 is 0 Å². The highest BCUT2D eigenvalue weighted by molar-refractivity contribution is 5.84. The maximum atomic E-state index is 12.1. The fourth-order valence-corrected chi connectivity index (χ4v) is 2.46. The van der Waals surface area contributed by atoms with Gasteiger partial charge in [-0.2, -0.15) is 0 Å². The van der Waals surface area contributed by atoms with Gasteiger partial charge < -0.3 is 14.4 Å². The van der Waals surface area contributed by atoms with Gasteiger partial charge in [-0.1, -0.05) is 13.8 Å². The van der Waals surface area contributed by atoms with E-state index in [0.717, 1.165) is 12.8 Å². The summed E-state index contributed by atoms with van der Waals surface area (Å²) in [6, 6.07) is -0.0236. The first-order valence-electron chi connectivity index (χ1n) is 6.52. The van der Waals surface area contributed by atoms with Crippen molar-refractivity contribution >= 4 is 5.91 Å². The fraction of sp³-hybridized carbons (Fsp3) is 0.917. The first-order chi connectivity index (χ1) is 8.26. The van der Waals surface area contributed by atoms with Gasteiger partial charge in [0.2, 0.25) is 5.91 Å². The van der Waals surface area contributed by atoms with Crippen molar-refractivity contribution in [2.45, 2.75) is 45.0 Å². The first kappa shape index (κ1) is 12.8. The second-order valence-corrected chi connectivity index (χ2v) is 4.61. The minimum Gasteiger partial charge on any atom is -0.376 e. The quantitative estimate of drug-likeness (QED) is 0.773. The van der Waals surface area contributed by atoms with Crippen molar-refractivity contribution in [3.8, 4) is 0 Å². The van der Waals surface area contributed by atoms with Crippen molar-refractivity contribution in [3.63, 3.8) is 0 Å². The van der Waals surface area contributed by atoms with E-state index in [1.165, 1.54) is 0 Å². The van der Waals surface area contributed by atoms with Crippen LogP contribution in [0.15, 0.2) is 0 Å². The average molecular weight is 242 g/mol. The van der Waals surface area contributed by atoms with Crippen LogP contribution in [0.2, 0.25) is 0 Å². The third kappa shape index (κ3) is 2.78. The van der Waals surface area contributed by atoms with Gasteiger partial charge in [0, 0.05) is 0 Å². The Bertz CT molecular complexity index is 266. The number of carbonyl (C=O) groups excluding carboxylic acids is 1. The Kier molecular flexibility index (Phi) is 4.36. The maximum absolute atomic E-state index is 12.1. The zero-order valence-corrected chi connectivity index (χ0v) is 10.6. The van der Waals surface area contributed by atoms with Crippen molar-refractivity contribution in [1.82, 2.24) is 10.2 Å². The lowest BCUT2D eigenvalue weighted by Gasteiger charge is -2.30. The van der Waals surface area contributed by atoms with E-state index >= 15 is 0 Å². The smallest absolute Gasteiger partial charge is 0.241 e. The summed E-state index contributed by atoms with van der Waals surface area (Å²) in [7, 11) is 0. The molecule has 2 fully saturated rings. The van der Waals surface area contributed by atoms with Crippen LogP contribution in [0.5, 0.6) is 0 Å². The van der Waals surface area contributed by atoms with Gasteiger partial charge in [-0.25, -0.2) is 0 Å². The van der Waals surface area contributed by atoms with E-state index in [4.69, 9.17) is 9.47 Å². The number of hydrogen-bond acceptors (Lipinski definition) is 4. The number of rotatable bonds is 4. The molecule has 98 valence electrons. The normalized spacial score (nSPS) is 34.4. The Hall–Kier alpha value is -0.650. The second-order valence-electron chi connectivity index (χ2n) is 4.61. The van der Waals surface area contributed by atoms with Gasteiger partial charge in [-0.3, -0.25) is 10.1 Å². The van der Waals surface area contributed by atoms with E-state index in [1.807, 2.05) is 11.8 Å². The highest BCUT2D eigenvalue weighted by Gasteiger charge is 2.38. The third-order valence-corrected chi connectivity index (χ3v) is 3.43. The van der Waals surface area contributed by atoms with Crippen molar-refractivity contribution in [2.75, 3.05) is 26.4 Å². The number of ether oxygens (including phenoxy) is 2. The molecule has 0 aromatic carbocycles. The lowest BCUT2D eigenvalue weighted by Crippen LogP contribution is -2.45. The molecule has 2 heterocycles. The van der Waals surface area contributed by atoms with Crippen LogP contribution in [0, 0.1) is 0 Å². The summed E-state index contributed by atoms with van der Waals surface area (Å²) in [5, 5.41) is 3.36. The molecule has 0 saturated carbocycles. The molecule has 2 rings (SSSR count). The molecule has 0 aromatic rings. The molecule has 17 heavy (non-hydrogen) atoms. The predicted octanol–water partition coefficient (Wildman–Crippen LogP) is 0.348. The van der Waals surface area contributed by atoms with Crippen LogP contribution in [0.3, 0.4) is 0 Å². The highest BCUT2D eigenvalue weighted by atomic mass is 16.6. The minimum absolute atomic E-state index is 0.0236. The maximum Gasteiger partial charge on any atom is 0.241 e. The molecule has 0 bridgehead atoms. The van der Waals surface area contributed by atoms with Crippen molar-refractivity contribution in [2.24, 2.45) is 0 Å². The third-order valence-electron chi connectivity index (χ3n) is 3.43. The summed E-state index contributed by atoms with van der Waals surface area (Å²) in [6.07, 6.45) is 1.95. The second kappa shape index (κ2) is 5.80. The molecule has 3 unspecified atom stereocenters. The van der Waals surface area contributed by atoms with Crippen molar-refractivity contribution in [1.29, 1.82) is 0 Å². The number of hydrogen-bond donors (Lipinski definition) is 1.